The summed E-state index contributed by atoms with van der Waals surface area (Å²) < 4.78 is 1.68. The van der Waals surface area contributed by atoms with Gasteiger partial charge in [0.25, 0.3) is 0 Å². The summed E-state index contributed by atoms with van der Waals surface area (Å²) in [5, 5.41) is 10.3. The lowest BCUT2D eigenvalue weighted by atomic mass is 10.2. The van der Waals surface area contributed by atoms with Crippen molar-refractivity contribution >= 4 is 11.7 Å². The maximum Gasteiger partial charge on any atom is 0.239 e. The van der Waals surface area contributed by atoms with Crippen molar-refractivity contribution in [1.29, 1.82) is 0 Å². The average molecular weight is 236 g/mol. The standard InChI is InChI=1S/C12H20N4O/c1-9-7-11(16(2)15-9)14-12(17)8-13-10-5-3-4-6-10/h7,10,13H,3-6,8H2,1-2H3,(H,14,17). The van der Waals surface area contributed by atoms with Gasteiger partial charge >= 0.3 is 0 Å². The lowest BCUT2D eigenvalue weighted by molar-refractivity contribution is -0.115. The van der Waals surface area contributed by atoms with Crippen molar-refractivity contribution in [3.63, 3.8) is 0 Å². The van der Waals surface area contributed by atoms with Gasteiger partial charge in [0.2, 0.25) is 5.91 Å². The number of nitrogens with zero attached hydrogens (tertiary/aromatic N) is 2. The van der Waals surface area contributed by atoms with Crippen molar-refractivity contribution in [1.82, 2.24) is 15.1 Å². The predicted molar refractivity (Wildman–Crippen MR) is 66.8 cm³/mol. The monoisotopic (exact) mass is 236 g/mol. The molecule has 0 spiro atoms. The first-order valence-electron chi connectivity index (χ1n) is 6.19. The Hall–Kier alpha value is -1.36. The lowest BCUT2D eigenvalue weighted by Gasteiger charge is -2.11. The highest BCUT2D eigenvalue weighted by Gasteiger charge is 2.15. The van der Waals surface area contributed by atoms with Crippen molar-refractivity contribution in [2.45, 2.75) is 38.6 Å². The van der Waals surface area contributed by atoms with Crippen LogP contribution < -0.4 is 10.6 Å². The molecule has 94 valence electrons. The number of carbonyl (C=O) groups excluding carboxylic acids is 1. The molecule has 0 bridgehead atoms. The molecule has 0 atom stereocenters. The van der Waals surface area contributed by atoms with E-state index in [1.807, 2.05) is 20.0 Å². The molecule has 1 aliphatic rings. The Labute approximate surface area is 102 Å². The van der Waals surface area contributed by atoms with E-state index in [1.165, 1.54) is 25.7 Å². The summed E-state index contributed by atoms with van der Waals surface area (Å²) in [6, 6.07) is 2.39. The van der Waals surface area contributed by atoms with Crippen molar-refractivity contribution in [2.75, 3.05) is 11.9 Å². The first kappa shape index (κ1) is 12.1. The van der Waals surface area contributed by atoms with Gasteiger partial charge in [0.05, 0.1) is 12.2 Å². The zero-order valence-electron chi connectivity index (χ0n) is 10.5. The molecule has 17 heavy (non-hydrogen) atoms. The van der Waals surface area contributed by atoms with Crippen molar-refractivity contribution in [3.8, 4) is 0 Å². The van der Waals surface area contributed by atoms with Crippen molar-refractivity contribution in [2.24, 2.45) is 7.05 Å². The topological polar surface area (TPSA) is 59.0 Å². The van der Waals surface area contributed by atoms with E-state index in [0.717, 1.165) is 11.5 Å². The Morgan fingerprint density at radius 1 is 1.53 bits per heavy atom. The highest BCUT2D eigenvalue weighted by atomic mass is 16.2. The first-order valence-corrected chi connectivity index (χ1v) is 6.19. The third kappa shape index (κ3) is 3.30. The van der Waals surface area contributed by atoms with E-state index in [-0.39, 0.29) is 5.91 Å². The molecule has 1 fully saturated rings. The van der Waals surface area contributed by atoms with Crippen LogP contribution in [0.1, 0.15) is 31.4 Å². The van der Waals surface area contributed by atoms with Gasteiger partial charge in [0.1, 0.15) is 5.82 Å². The Morgan fingerprint density at radius 2 is 2.24 bits per heavy atom. The molecule has 1 heterocycles. The van der Waals surface area contributed by atoms with Gasteiger partial charge in [-0.1, -0.05) is 12.8 Å². The van der Waals surface area contributed by atoms with E-state index in [9.17, 15) is 4.79 Å². The van der Waals surface area contributed by atoms with E-state index in [2.05, 4.69) is 15.7 Å². The van der Waals surface area contributed by atoms with Crippen LogP contribution in [-0.4, -0.2) is 28.3 Å². The minimum atomic E-state index is -0.0000926. The van der Waals surface area contributed by atoms with Crippen LogP contribution in [-0.2, 0) is 11.8 Å². The van der Waals surface area contributed by atoms with Crippen LogP contribution in [0, 0.1) is 6.92 Å². The molecule has 5 nitrogen and oxygen atoms in total. The van der Waals surface area contributed by atoms with E-state index in [4.69, 9.17) is 0 Å². The molecule has 0 saturated heterocycles. The maximum atomic E-state index is 11.7. The Balaban J connectivity index is 1.78. The van der Waals surface area contributed by atoms with Gasteiger partial charge in [-0.2, -0.15) is 5.10 Å². The van der Waals surface area contributed by atoms with Gasteiger partial charge in [-0.15, -0.1) is 0 Å². The molecule has 0 aliphatic heterocycles. The fourth-order valence-corrected chi connectivity index (χ4v) is 2.28. The van der Waals surface area contributed by atoms with E-state index < -0.39 is 0 Å². The summed E-state index contributed by atoms with van der Waals surface area (Å²) in [7, 11) is 1.83. The molecule has 1 saturated carbocycles. The van der Waals surface area contributed by atoms with Gasteiger partial charge in [-0.05, 0) is 19.8 Å². The van der Waals surface area contributed by atoms with Gasteiger partial charge in [-0.25, -0.2) is 0 Å². The second-order valence-electron chi connectivity index (χ2n) is 4.71. The molecule has 2 N–H and O–H groups in total. The fourth-order valence-electron chi connectivity index (χ4n) is 2.28. The smallest absolute Gasteiger partial charge is 0.239 e. The second kappa shape index (κ2) is 5.31. The molecule has 2 rings (SSSR count). The summed E-state index contributed by atoms with van der Waals surface area (Å²) in [4.78, 5) is 11.7. The normalized spacial score (nSPS) is 16.4. The molecule has 1 aromatic heterocycles. The summed E-state index contributed by atoms with van der Waals surface area (Å²) in [6.07, 6.45) is 4.94. The molecule has 1 aliphatic carbocycles. The molecule has 5 heteroatoms. The summed E-state index contributed by atoms with van der Waals surface area (Å²) >= 11 is 0. The number of hydrogen-bond acceptors (Lipinski definition) is 3. The van der Waals surface area contributed by atoms with Gasteiger partial charge in [0, 0.05) is 19.2 Å². The molecular formula is C12H20N4O. The average Bonchev–Trinajstić information content (AvgIpc) is 2.87. The molecule has 0 unspecified atom stereocenters. The Morgan fingerprint density at radius 3 is 2.82 bits per heavy atom. The number of carbonyl (C=O) groups is 1. The summed E-state index contributed by atoms with van der Waals surface area (Å²) in [6.45, 7) is 2.29. The van der Waals surface area contributed by atoms with Gasteiger partial charge < -0.3 is 10.6 Å². The number of aryl methyl sites for hydroxylation is 2. The minimum Gasteiger partial charge on any atom is -0.310 e. The van der Waals surface area contributed by atoms with Crippen LogP contribution >= 0.6 is 0 Å². The van der Waals surface area contributed by atoms with E-state index in [1.54, 1.807) is 4.68 Å². The highest BCUT2D eigenvalue weighted by Crippen LogP contribution is 2.17. The zero-order chi connectivity index (χ0) is 12.3. The number of nitrogens with one attached hydrogen (secondary N) is 2. The van der Waals surface area contributed by atoms with Gasteiger partial charge in [0.15, 0.2) is 0 Å². The quantitative estimate of drug-likeness (QED) is 0.826. The lowest BCUT2D eigenvalue weighted by Crippen LogP contribution is -2.34. The highest BCUT2D eigenvalue weighted by molar-refractivity contribution is 5.91. The van der Waals surface area contributed by atoms with E-state index >= 15 is 0 Å². The third-order valence-electron chi connectivity index (χ3n) is 3.18. The van der Waals surface area contributed by atoms with Crippen molar-refractivity contribution < 1.29 is 4.79 Å². The molecule has 0 radical (unpaired) electrons. The first-order chi connectivity index (χ1) is 8.15. The number of anilines is 1. The predicted octanol–water partition coefficient (Wildman–Crippen LogP) is 1.20. The molecule has 0 aromatic carbocycles. The minimum absolute atomic E-state index is 0.0000926. The van der Waals surface area contributed by atoms with Crippen LogP contribution in [0.5, 0.6) is 0 Å². The zero-order valence-corrected chi connectivity index (χ0v) is 10.5. The fraction of sp³-hybridized carbons (Fsp3) is 0.667. The summed E-state index contributed by atoms with van der Waals surface area (Å²) in [5.41, 5.74) is 0.909. The number of rotatable bonds is 4. The van der Waals surface area contributed by atoms with Crippen LogP contribution in [0.3, 0.4) is 0 Å². The molecular weight excluding hydrogens is 216 g/mol. The van der Waals surface area contributed by atoms with Crippen LogP contribution in [0.15, 0.2) is 6.07 Å². The summed E-state index contributed by atoms with van der Waals surface area (Å²) in [5.74, 6) is 0.751. The van der Waals surface area contributed by atoms with E-state index in [0.29, 0.717) is 12.6 Å². The number of amides is 1. The molecule has 1 amide bonds. The van der Waals surface area contributed by atoms with Crippen LogP contribution in [0.25, 0.3) is 0 Å². The Kier molecular flexibility index (Phi) is 3.78. The van der Waals surface area contributed by atoms with Crippen LogP contribution in [0.4, 0.5) is 5.82 Å². The van der Waals surface area contributed by atoms with Gasteiger partial charge in [-0.3, -0.25) is 9.48 Å². The third-order valence-corrected chi connectivity index (χ3v) is 3.18. The largest absolute Gasteiger partial charge is 0.310 e. The Bertz CT molecular complexity index is 393. The molecule has 1 aromatic rings. The number of aromatic nitrogens is 2. The van der Waals surface area contributed by atoms with Crippen LogP contribution in [0.2, 0.25) is 0 Å². The maximum absolute atomic E-state index is 11.7. The number of hydrogen-bond donors (Lipinski definition) is 2. The van der Waals surface area contributed by atoms with Crippen molar-refractivity contribution in [3.05, 3.63) is 11.8 Å². The second-order valence-corrected chi connectivity index (χ2v) is 4.71. The SMILES string of the molecule is Cc1cc(NC(=O)CNC2CCCC2)n(C)n1.